The zero-order valence-corrected chi connectivity index (χ0v) is 12.3. The number of nitrogens with zero attached hydrogens (tertiary/aromatic N) is 2. The van der Waals surface area contributed by atoms with E-state index >= 15 is 0 Å². The quantitative estimate of drug-likeness (QED) is 0.929. The number of hydrogen-bond donors (Lipinski definition) is 1. The number of halogens is 2. The minimum absolute atomic E-state index is 0. The van der Waals surface area contributed by atoms with Crippen LogP contribution in [0.4, 0.5) is 0 Å². The molecule has 100 valence electrons. The largest absolute Gasteiger partial charge is 0.357 e. The molecule has 5 heteroatoms. The Kier molecular flexibility index (Phi) is 5.45. The second-order valence-corrected chi connectivity index (χ2v) is 4.66. The normalized spacial score (nSPS) is 16.2. The molecule has 1 aromatic carbocycles. The summed E-state index contributed by atoms with van der Waals surface area (Å²) in [5.41, 5.74) is 8.42. The van der Waals surface area contributed by atoms with E-state index in [4.69, 9.17) is 17.3 Å². The summed E-state index contributed by atoms with van der Waals surface area (Å²) < 4.78 is 0. The molecule has 0 saturated heterocycles. The average Bonchev–Trinajstić information content (AvgIpc) is 2.80. The monoisotopic (exact) mass is 287 g/mol. The Morgan fingerprint density at radius 3 is 2.89 bits per heavy atom. The maximum Gasteiger partial charge on any atom is 0.121 e. The van der Waals surface area contributed by atoms with Crippen LogP contribution in [-0.2, 0) is 0 Å². The molecule has 1 heterocycles. The Labute approximate surface area is 119 Å². The van der Waals surface area contributed by atoms with Crippen molar-refractivity contribution in [3.05, 3.63) is 34.3 Å². The van der Waals surface area contributed by atoms with Crippen LogP contribution in [0.2, 0.25) is 5.02 Å². The number of rotatable bonds is 3. The second-order valence-electron chi connectivity index (χ2n) is 4.25. The highest BCUT2D eigenvalue weighted by Crippen LogP contribution is 2.25. The van der Waals surface area contributed by atoms with Crippen LogP contribution in [-0.4, -0.2) is 30.4 Å². The molecule has 0 fully saturated rings. The molecule has 0 amide bonds. The molecule has 3 nitrogen and oxygen atoms in total. The molecular weight excluding hydrogens is 269 g/mol. The van der Waals surface area contributed by atoms with Gasteiger partial charge in [-0.25, -0.2) is 0 Å². The Morgan fingerprint density at radius 2 is 2.22 bits per heavy atom. The first-order valence-corrected chi connectivity index (χ1v) is 6.32. The van der Waals surface area contributed by atoms with Crippen molar-refractivity contribution in [1.29, 1.82) is 0 Å². The lowest BCUT2D eigenvalue weighted by Gasteiger charge is -2.24. The minimum atomic E-state index is -0.170. The van der Waals surface area contributed by atoms with Gasteiger partial charge >= 0.3 is 0 Å². The van der Waals surface area contributed by atoms with Crippen LogP contribution in [0.5, 0.6) is 0 Å². The van der Waals surface area contributed by atoms with Crippen molar-refractivity contribution in [2.75, 3.05) is 19.6 Å². The smallest absolute Gasteiger partial charge is 0.121 e. The SMILES string of the molecule is CCN1CCN=C1C(N)c1cccc(Cl)c1C.Cl. The summed E-state index contributed by atoms with van der Waals surface area (Å²) >= 11 is 6.13. The molecule has 1 aliphatic rings. The van der Waals surface area contributed by atoms with Gasteiger partial charge in [0.25, 0.3) is 0 Å². The summed E-state index contributed by atoms with van der Waals surface area (Å²) in [4.78, 5) is 6.74. The lowest BCUT2D eigenvalue weighted by atomic mass is 10.0. The van der Waals surface area contributed by atoms with Crippen LogP contribution in [0.1, 0.15) is 24.1 Å². The van der Waals surface area contributed by atoms with Crippen molar-refractivity contribution < 1.29 is 0 Å². The Morgan fingerprint density at radius 1 is 1.50 bits per heavy atom. The maximum atomic E-state index is 6.30. The van der Waals surface area contributed by atoms with Gasteiger partial charge in [0.05, 0.1) is 12.6 Å². The number of benzene rings is 1. The van der Waals surface area contributed by atoms with Crippen molar-refractivity contribution >= 4 is 29.8 Å². The van der Waals surface area contributed by atoms with Crippen LogP contribution < -0.4 is 5.73 Å². The first-order valence-electron chi connectivity index (χ1n) is 5.95. The van der Waals surface area contributed by atoms with Crippen molar-refractivity contribution in [1.82, 2.24) is 4.90 Å². The van der Waals surface area contributed by atoms with Crippen LogP contribution in [0.15, 0.2) is 23.2 Å². The van der Waals surface area contributed by atoms with Gasteiger partial charge < -0.3 is 10.6 Å². The van der Waals surface area contributed by atoms with Gasteiger partial charge in [0.1, 0.15) is 5.84 Å². The Balaban J connectivity index is 0.00000162. The molecule has 0 bridgehead atoms. The van der Waals surface area contributed by atoms with Gasteiger partial charge in [-0.05, 0) is 31.0 Å². The molecule has 0 aromatic heterocycles. The predicted octanol–water partition coefficient (Wildman–Crippen LogP) is 2.80. The zero-order valence-electron chi connectivity index (χ0n) is 10.7. The van der Waals surface area contributed by atoms with E-state index in [1.54, 1.807) is 0 Å². The molecule has 18 heavy (non-hydrogen) atoms. The van der Waals surface area contributed by atoms with E-state index in [1.165, 1.54) is 0 Å². The molecule has 0 spiro atoms. The number of amidine groups is 1. The van der Waals surface area contributed by atoms with Crippen molar-refractivity contribution in [3.63, 3.8) is 0 Å². The predicted molar refractivity (Wildman–Crippen MR) is 79.9 cm³/mol. The molecule has 0 radical (unpaired) electrons. The second kappa shape index (κ2) is 6.41. The summed E-state index contributed by atoms with van der Waals surface area (Å²) in [7, 11) is 0. The topological polar surface area (TPSA) is 41.6 Å². The molecular formula is C13H19Cl2N3. The third kappa shape index (κ3) is 2.79. The van der Waals surface area contributed by atoms with E-state index in [-0.39, 0.29) is 18.4 Å². The molecule has 2 rings (SSSR count). The van der Waals surface area contributed by atoms with Gasteiger partial charge in [-0.1, -0.05) is 23.7 Å². The Bertz CT molecular complexity index is 446. The van der Waals surface area contributed by atoms with E-state index < -0.39 is 0 Å². The number of likely N-dealkylation sites (N-methyl/N-ethyl adjacent to an activating group) is 1. The molecule has 1 unspecified atom stereocenters. The number of hydrogen-bond acceptors (Lipinski definition) is 3. The van der Waals surface area contributed by atoms with E-state index in [2.05, 4.69) is 16.8 Å². The van der Waals surface area contributed by atoms with Gasteiger partial charge in [-0.3, -0.25) is 4.99 Å². The van der Waals surface area contributed by atoms with E-state index in [1.807, 2.05) is 25.1 Å². The number of nitrogens with two attached hydrogens (primary N) is 1. The third-order valence-electron chi connectivity index (χ3n) is 3.27. The van der Waals surface area contributed by atoms with Crippen molar-refractivity contribution in [2.24, 2.45) is 10.7 Å². The van der Waals surface area contributed by atoms with Gasteiger partial charge in [-0.15, -0.1) is 12.4 Å². The van der Waals surface area contributed by atoms with Crippen LogP contribution in [0.25, 0.3) is 0 Å². The lowest BCUT2D eigenvalue weighted by Crippen LogP contribution is -2.36. The first kappa shape index (κ1) is 15.3. The summed E-state index contributed by atoms with van der Waals surface area (Å²) in [5.74, 6) is 0.984. The van der Waals surface area contributed by atoms with E-state index in [9.17, 15) is 0 Å². The molecule has 1 atom stereocenters. The fraction of sp³-hybridized carbons (Fsp3) is 0.462. The number of aliphatic imine (C=N–C) groups is 1. The summed E-state index contributed by atoms with van der Waals surface area (Å²) in [6.45, 7) is 6.89. The molecule has 2 N–H and O–H groups in total. The van der Waals surface area contributed by atoms with Gasteiger partial charge in [0.2, 0.25) is 0 Å². The van der Waals surface area contributed by atoms with Gasteiger partial charge in [0.15, 0.2) is 0 Å². The highest BCUT2D eigenvalue weighted by Gasteiger charge is 2.24. The highest BCUT2D eigenvalue weighted by molar-refractivity contribution is 6.31. The minimum Gasteiger partial charge on any atom is -0.357 e. The molecule has 1 aliphatic heterocycles. The van der Waals surface area contributed by atoms with Crippen molar-refractivity contribution in [3.8, 4) is 0 Å². The Hall–Kier alpha value is -0.770. The van der Waals surface area contributed by atoms with Crippen LogP contribution in [0, 0.1) is 6.92 Å². The molecule has 1 aromatic rings. The standard InChI is InChI=1S/C13H18ClN3.ClH/c1-3-17-8-7-16-13(17)12(15)10-5-4-6-11(14)9(10)2;/h4-6,12H,3,7-8,15H2,1-2H3;1H. The van der Waals surface area contributed by atoms with Crippen LogP contribution >= 0.6 is 24.0 Å². The van der Waals surface area contributed by atoms with Gasteiger partial charge in [-0.2, -0.15) is 0 Å². The fourth-order valence-electron chi connectivity index (χ4n) is 2.22. The lowest BCUT2D eigenvalue weighted by molar-refractivity contribution is 0.468. The maximum absolute atomic E-state index is 6.30. The fourth-order valence-corrected chi connectivity index (χ4v) is 2.40. The van der Waals surface area contributed by atoms with E-state index in [0.717, 1.165) is 41.6 Å². The molecule has 0 saturated carbocycles. The average molecular weight is 288 g/mol. The van der Waals surface area contributed by atoms with Crippen LogP contribution in [0.3, 0.4) is 0 Å². The summed E-state index contributed by atoms with van der Waals surface area (Å²) in [5, 5.41) is 0.764. The summed E-state index contributed by atoms with van der Waals surface area (Å²) in [6.07, 6.45) is 0. The van der Waals surface area contributed by atoms with Gasteiger partial charge in [0, 0.05) is 18.1 Å². The van der Waals surface area contributed by atoms with Crippen molar-refractivity contribution in [2.45, 2.75) is 19.9 Å². The van der Waals surface area contributed by atoms with E-state index in [0.29, 0.717) is 0 Å². The third-order valence-corrected chi connectivity index (χ3v) is 3.68. The zero-order chi connectivity index (χ0) is 12.4. The first-order chi connectivity index (χ1) is 8.15. The molecule has 0 aliphatic carbocycles. The highest BCUT2D eigenvalue weighted by atomic mass is 35.5. The summed E-state index contributed by atoms with van der Waals surface area (Å²) in [6, 6.07) is 5.69.